The molecule has 1 aromatic carbocycles. The van der Waals surface area contributed by atoms with Gasteiger partial charge in [-0.3, -0.25) is 0 Å². The minimum absolute atomic E-state index is 0.526. The fraction of sp³-hybridized carbons (Fsp3) is 0.400. The first-order valence-corrected chi connectivity index (χ1v) is 8.74. The number of benzene rings is 1. The van der Waals surface area contributed by atoms with E-state index in [0.29, 0.717) is 11.7 Å². The number of rotatable bonds is 3. The van der Waals surface area contributed by atoms with Gasteiger partial charge in [-0.05, 0) is 61.9 Å². The quantitative estimate of drug-likeness (QED) is 0.391. The number of pyridine rings is 1. The molecule has 5 nitrogen and oxygen atoms in total. The number of oxime groups is 1. The lowest BCUT2D eigenvalue weighted by Gasteiger charge is -2.32. The Morgan fingerprint density at radius 2 is 1.84 bits per heavy atom. The molecule has 1 N–H and O–H groups in total. The van der Waals surface area contributed by atoms with Crippen LogP contribution in [-0.2, 0) is 0 Å². The normalized spacial score (nSPS) is 16.1. The molecule has 0 aliphatic carbocycles. The molecule has 0 radical (unpaired) electrons. The minimum atomic E-state index is 0.526. The molecule has 0 spiro atoms. The van der Waals surface area contributed by atoms with Crippen molar-refractivity contribution < 1.29 is 9.94 Å². The van der Waals surface area contributed by atoms with Gasteiger partial charge in [0.15, 0.2) is 5.84 Å². The smallest absolute Gasteiger partial charge is 0.219 e. The Morgan fingerprint density at radius 1 is 1.16 bits per heavy atom. The Hall–Kier alpha value is -2.56. The van der Waals surface area contributed by atoms with Crippen LogP contribution >= 0.6 is 0 Å². The molecule has 1 aliphatic heterocycles. The van der Waals surface area contributed by atoms with Crippen LogP contribution < -0.4 is 4.74 Å². The Morgan fingerprint density at radius 3 is 2.40 bits per heavy atom. The Bertz CT molecular complexity index is 728. The van der Waals surface area contributed by atoms with Gasteiger partial charge in [-0.25, -0.2) is 4.98 Å². The van der Waals surface area contributed by atoms with Gasteiger partial charge in [0.05, 0.1) is 0 Å². The lowest BCUT2D eigenvalue weighted by atomic mass is 9.98. The van der Waals surface area contributed by atoms with E-state index >= 15 is 0 Å². The van der Waals surface area contributed by atoms with E-state index in [4.69, 9.17) is 4.74 Å². The maximum absolute atomic E-state index is 9.45. The number of piperidine rings is 1. The summed E-state index contributed by atoms with van der Waals surface area (Å²) in [5, 5.41) is 13.0. The van der Waals surface area contributed by atoms with E-state index in [9.17, 15) is 5.21 Å². The lowest BCUT2D eigenvalue weighted by Crippen LogP contribution is -2.38. The first-order valence-electron chi connectivity index (χ1n) is 8.74. The molecular formula is C20H25N3O2. The molecule has 0 saturated carbocycles. The van der Waals surface area contributed by atoms with Crippen LogP contribution in [0.25, 0.3) is 0 Å². The summed E-state index contributed by atoms with van der Waals surface area (Å²) in [6, 6.07) is 9.77. The van der Waals surface area contributed by atoms with Crippen molar-refractivity contribution in [1.82, 2.24) is 9.88 Å². The second kappa shape index (κ2) is 7.55. The van der Waals surface area contributed by atoms with E-state index in [-0.39, 0.29) is 0 Å². The average Bonchev–Trinajstić information content (AvgIpc) is 2.58. The molecule has 1 aromatic heterocycles. The number of aromatic nitrogens is 1. The van der Waals surface area contributed by atoms with Crippen molar-refractivity contribution in [2.45, 2.75) is 33.6 Å². The molecule has 1 fully saturated rings. The molecule has 0 unspecified atom stereocenters. The van der Waals surface area contributed by atoms with Gasteiger partial charge < -0.3 is 14.8 Å². The van der Waals surface area contributed by atoms with E-state index in [1.165, 1.54) is 0 Å². The summed E-state index contributed by atoms with van der Waals surface area (Å²) in [7, 11) is 0. The highest BCUT2D eigenvalue weighted by Gasteiger charge is 2.20. The standard InChI is InChI=1S/C20H25N3O2/c1-14-6-8-23(9-7-14)20(22-24)17-4-5-19(21-13-17)25-18-11-15(2)10-16(3)12-18/h4-5,10-14,24H,6-9H2,1-3H3/b22-20-. The molecular weight excluding hydrogens is 314 g/mol. The summed E-state index contributed by atoms with van der Waals surface area (Å²) >= 11 is 0. The van der Waals surface area contributed by atoms with Gasteiger partial charge in [-0.2, -0.15) is 0 Å². The number of amidine groups is 1. The van der Waals surface area contributed by atoms with Gasteiger partial charge in [0, 0.05) is 30.9 Å². The monoisotopic (exact) mass is 339 g/mol. The van der Waals surface area contributed by atoms with E-state index in [2.05, 4.69) is 28.0 Å². The summed E-state index contributed by atoms with van der Waals surface area (Å²) in [6.45, 7) is 8.15. The van der Waals surface area contributed by atoms with Crippen molar-refractivity contribution in [1.29, 1.82) is 0 Å². The van der Waals surface area contributed by atoms with Crippen LogP contribution in [0.1, 0.15) is 36.5 Å². The van der Waals surface area contributed by atoms with E-state index in [0.717, 1.165) is 54.3 Å². The molecule has 1 saturated heterocycles. The topological polar surface area (TPSA) is 58.0 Å². The van der Waals surface area contributed by atoms with Crippen LogP contribution in [-0.4, -0.2) is 34.0 Å². The second-order valence-corrected chi connectivity index (χ2v) is 6.90. The van der Waals surface area contributed by atoms with Crippen molar-refractivity contribution in [2.24, 2.45) is 11.1 Å². The molecule has 3 rings (SSSR count). The number of hydrogen-bond donors (Lipinski definition) is 1. The van der Waals surface area contributed by atoms with Gasteiger partial charge in [-0.15, -0.1) is 0 Å². The number of hydrogen-bond acceptors (Lipinski definition) is 4. The molecule has 5 heteroatoms. The zero-order valence-corrected chi connectivity index (χ0v) is 15.1. The maximum atomic E-state index is 9.45. The van der Waals surface area contributed by atoms with E-state index in [1.54, 1.807) is 6.20 Å². The van der Waals surface area contributed by atoms with Crippen molar-refractivity contribution in [3.63, 3.8) is 0 Å². The lowest BCUT2D eigenvalue weighted by molar-refractivity contribution is 0.258. The summed E-state index contributed by atoms with van der Waals surface area (Å²) < 4.78 is 5.84. The van der Waals surface area contributed by atoms with Crippen molar-refractivity contribution in [3.05, 3.63) is 53.2 Å². The molecule has 0 bridgehead atoms. The van der Waals surface area contributed by atoms with Gasteiger partial charge in [-0.1, -0.05) is 18.1 Å². The fourth-order valence-corrected chi connectivity index (χ4v) is 3.21. The molecule has 25 heavy (non-hydrogen) atoms. The molecule has 0 amide bonds. The van der Waals surface area contributed by atoms with Crippen LogP contribution in [0, 0.1) is 19.8 Å². The Labute approximate surface area is 149 Å². The first-order chi connectivity index (χ1) is 12.0. The third kappa shape index (κ3) is 4.29. The zero-order chi connectivity index (χ0) is 17.8. The zero-order valence-electron chi connectivity index (χ0n) is 15.1. The summed E-state index contributed by atoms with van der Waals surface area (Å²) in [6.07, 6.45) is 3.92. The number of ether oxygens (including phenoxy) is 1. The van der Waals surface area contributed by atoms with Crippen molar-refractivity contribution in [3.8, 4) is 11.6 Å². The number of likely N-dealkylation sites (tertiary alicyclic amines) is 1. The predicted molar refractivity (Wildman–Crippen MR) is 98.5 cm³/mol. The molecule has 2 heterocycles. The summed E-state index contributed by atoms with van der Waals surface area (Å²) in [4.78, 5) is 6.48. The Kier molecular flexibility index (Phi) is 5.22. The summed E-state index contributed by atoms with van der Waals surface area (Å²) in [5.41, 5.74) is 3.10. The van der Waals surface area contributed by atoms with Crippen LogP contribution in [0.2, 0.25) is 0 Å². The predicted octanol–water partition coefficient (Wildman–Crippen LogP) is 4.36. The largest absolute Gasteiger partial charge is 0.439 e. The van der Waals surface area contributed by atoms with E-state index < -0.39 is 0 Å². The molecule has 2 aromatic rings. The third-order valence-electron chi connectivity index (χ3n) is 4.59. The number of aryl methyl sites for hydroxylation is 2. The first kappa shape index (κ1) is 17.3. The maximum Gasteiger partial charge on any atom is 0.219 e. The molecule has 0 atom stereocenters. The minimum Gasteiger partial charge on any atom is -0.439 e. The van der Waals surface area contributed by atoms with Crippen molar-refractivity contribution in [2.75, 3.05) is 13.1 Å². The van der Waals surface area contributed by atoms with Gasteiger partial charge in [0.1, 0.15) is 5.75 Å². The molecule has 132 valence electrons. The summed E-state index contributed by atoms with van der Waals surface area (Å²) in [5.74, 6) is 2.61. The van der Waals surface area contributed by atoms with Crippen LogP contribution in [0.15, 0.2) is 41.7 Å². The van der Waals surface area contributed by atoms with Crippen LogP contribution in [0.3, 0.4) is 0 Å². The van der Waals surface area contributed by atoms with Crippen LogP contribution in [0.4, 0.5) is 0 Å². The van der Waals surface area contributed by atoms with Gasteiger partial charge in [0.25, 0.3) is 0 Å². The average molecular weight is 339 g/mol. The molecule has 1 aliphatic rings. The van der Waals surface area contributed by atoms with Crippen molar-refractivity contribution >= 4 is 5.84 Å². The SMILES string of the molecule is Cc1cc(C)cc(Oc2ccc(/C(=N/O)N3CCC(C)CC3)cn2)c1. The highest BCUT2D eigenvalue weighted by Crippen LogP contribution is 2.23. The second-order valence-electron chi connectivity index (χ2n) is 6.90. The third-order valence-corrected chi connectivity index (χ3v) is 4.59. The Balaban J connectivity index is 1.72. The highest BCUT2D eigenvalue weighted by molar-refractivity contribution is 5.98. The van der Waals surface area contributed by atoms with Gasteiger partial charge >= 0.3 is 0 Å². The highest BCUT2D eigenvalue weighted by atomic mass is 16.5. The fourth-order valence-electron chi connectivity index (χ4n) is 3.21. The number of nitrogens with zero attached hydrogens (tertiary/aromatic N) is 3. The van der Waals surface area contributed by atoms with Gasteiger partial charge in [0.2, 0.25) is 5.88 Å². The van der Waals surface area contributed by atoms with E-state index in [1.807, 2.05) is 38.1 Å². The van der Waals surface area contributed by atoms with Crippen LogP contribution in [0.5, 0.6) is 11.6 Å².